The number of nitrogens with one attached hydrogen (secondary N) is 3. The molecule has 4 unspecified atom stereocenters. The minimum atomic E-state index is -1.30. The third-order valence-electron chi connectivity index (χ3n) is 5.75. The summed E-state index contributed by atoms with van der Waals surface area (Å²) in [4.78, 5) is 65.6. The van der Waals surface area contributed by atoms with E-state index in [4.69, 9.17) is 22.9 Å². The zero-order chi connectivity index (χ0) is 29.5. The Labute approximate surface area is 227 Å². The molecule has 0 saturated heterocycles. The third-order valence-corrected chi connectivity index (χ3v) is 5.75. The number of hydrogen-bond donors (Lipinski definition) is 8. The lowest BCUT2D eigenvalue weighted by molar-refractivity contribution is -0.142. The van der Waals surface area contributed by atoms with Gasteiger partial charge in [0.2, 0.25) is 23.6 Å². The average molecular weight is 549 g/mol. The van der Waals surface area contributed by atoms with Crippen molar-refractivity contribution >= 4 is 35.6 Å². The summed E-state index contributed by atoms with van der Waals surface area (Å²) < 4.78 is 0. The van der Waals surface area contributed by atoms with Crippen molar-refractivity contribution < 1.29 is 29.1 Å². The number of amides is 4. The normalized spacial score (nSPS) is 13.8. The van der Waals surface area contributed by atoms with E-state index >= 15 is 0 Å². The van der Waals surface area contributed by atoms with Crippen molar-refractivity contribution in [2.75, 3.05) is 6.54 Å². The van der Waals surface area contributed by atoms with Crippen LogP contribution in [0.3, 0.4) is 0 Å². The van der Waals surface area contributed by atoms with Gasteiger partial charge in [-0.3, -0.25) is 24.2 Å². The monoisotopic (exact) mass is 548 g/mol. The molecule has 12 N–H and O–H groups in total. The minimum Gasteiger partial charge on any atom is -0.480 e. The largest absolute Gasteiger partial charge is 0.480 e. The molecule has 0 spiro atoms. The first kappa shape index (κ1) is 32.8. The Balaban J connectivity index is 2.93. The van der Waals surface area contributed by atoms with Crippen molar-refractivity contribution in [2.24, 2.45) is 33.8 Å². The van der Waals surface area contributed by atoms with E-state index in [1.807, 2.05) is 30.3 Å². The van der Waals surface area contributed by atoms with Gasteiger partial charge in [-0.25, -0.2) is 4.79 Å². The van der Waals surface area contributed by atoms with Crippen LogP contribution in [0.15, 0.2) is 35.3 Å². The third kappa shape index (κ3) is 12.7. The zero-order valence-corrected chi connectivity index (χ0v) is 22.3. The van der Waals surface area contributed by atoms with Crippen molar-refractivity contribution in [3.8, 4) is 0 Å². The maximum absolute atomic E-state index is 13.1. The van der Waals surface area contributed by atoms with E-state index in [9.17, 15) is 29.1 Å². The number of primary amides is 1. The Bertz CT molecular complexity index is 1010. The molecule has 216 valence electrons. The molecular formula is C25H40N8O6. The first-order valence-electron chi connectivity index (χ1n) is 12.6. The highest BCUT2D eigenvalue weighted by atomic mass is 16.4. The van der Waals surface area contributed by atoms with Gasteiger partial charge in [0.1, 0.15) is 18.1 Å². The lowest BCUT2D eigenvalue weighted by atomic mass is 10.00. The second-order valence-electron chi connectivity index (χ2n) is 9.44. The van der Waals surface area contributed by atoms with Crippen LogP contribution in [0.4, 0.5) is 0 Å². The van der Waals surface area contributed by atoms with Crippen LogP contribution in [-0.2, 0) is 30.4 Å². The van der Waals surface area contributed by atoms with Crippen LogP contribution in [0.25, 0.3) is 0 Å². The standard InChI is InChI=1S/C25H40N8O6/c1-14(2)20(33-21(35)16(26)13-15-7-4-3-5-8-15)23(37)31-17(10-11-19(27)34)22(36)32-18(24(38)39)9-6-12-30-25(28)29/h3-5,7-8,14,16-18,20H,6,9-13,26H2,1-2H3,(H2,27,34)(H,31,37)(H,32,36)(H,33,35)(H,38,39)(H4,28,29,30). The fraction of sp³-hybridized carbons (Fsp3) is 0.520. The molecule has 0 saturated carbocycles. The second-order valence-corrected chi connectivity index (χ2v) is 9.44. The number of nitrogens with two attached hydrogens (primary N) is 4. The first-order chi connectivity index (χ1) is 18.3. The van der Waals surface area contributed by atoms with Crippen molar-refractivity contribution in [3.63, 3.8) is 0 Å². The molecule has 0 heterocycles. The minimum absolute atomic E-state index is 0.0122. The number of guanidine groups is 1. The molecule has 0 aromatic heterocycles. The number of rotatable bonds is 17. The van der Waals surface area contributed by atoms with Crippen LogP contribution in [0.5, 0.6) is 0 Å². The van der Waals surface area contributed by atoms with Gasteiger partial charge < -0.3 is 44.0 Å². The lowest BCUT2D eigenvalue weighted by Gasteiger charge is -2.27. The highest BCUT2D eigenvalue weighted by molar-refractivity contribution is 5.94. The number of hydrogen-bond acceptors (Lipinski definition) is 7. The van der Waals surface area contributed by atoms with Crippen molar-refractivity contribution in [1.82, 2.24) is 16.0 Å². The summed E-state index contributed by atoms with van der Waals surface area (Å²) >= 11 is 0. The molecule has 0 aliphatic carbocycles. The van der Waals surface area contributed by atoms with Gasteiger partial charge in [0, 0.05) is 13.0 Å². The Morgan fingerprint density at radius 2 is 1.49 bits per heavy atom. The first-order valence-corrected chi connectivity index (χ1v) is 12.6. The van der Waals surface area contributed by atoms with Crippen LogP contribution < -0.4 is 38.9 Å². The summed E-state index contributed by atoms with van der Waals surface area (Å²) in [7, 11) is 0. The molecule has 0 aliphatic rings. The number of carbonyl (C=O) groups excluding carboxylic acids is 4. The van der Waals surface area contributed by atoms with E-state index in [-0.39, 0.29) is 50.5 Å². The predicted molar refractivity (Wildman–Crippen MR) is 145 cm³/mol. The van der Waals surface area contributed by atoms with Gasteiger partial charge in [-0.1, -0.05) is 44.2 Å². The lowest BCUT2D eigenvalue weighted by Crippen LogP contribution is -2.58. The molecule has 4 atom stereocenters. The van der Waals surface area contributed by atoms with Gasteiger partial charge in [-0.05, 0) is 37.2 Å². The fourth-order valence-electron chi connectivity index (χ4n) is 3.61. The number of carboxylic acid groups (broad SMARTS) is 1. The molecule has 14 heteroatoms. The van der Waals surface area contributed by atoms with Gasteiger partial charge in [0.05, 0.1) is 6.04 Å². The quantitative estimate of drug-likeness (QED) is 0.0611. The number of carboxylic acids is 1. The number of aliphatic imine (C=N–C) groups is 1. The molecule has 0 fully saturated rings. The summed E-state index contributed by atoms with van der Waals surface area (Å²) in [5.74, 6) is -4.63. The Morgan fingerprint density at radius 3 is 2.03 bits per heavy atom. The molecule has 0 radical (unpaired) electrons. The Hall–Kier alpha value is -4.20. The van der Waals surface area contributed by atoms with Crippen molar-refractivity contribution in [1.29, 1.82) is 0 Å². The average Bonchev–Trinajstić information content (AvgIpc) is 2.86. The number of aliphatic carboxylic acids is 1. The molecule has 1 rings (SSSR count). The summed E-state index contributed by atoms with van der Waals surface area (Å²) in [5.41, 5.74) is 22.6. The van der Waals surface area contributed by atoms with Gasteiger partial charge in [-0.15, -0.1) is 0 Å². The summed E-state index contributed by atoms with van der Waals surface area (Å²) in [5, 5.41) is 17.0. The number of carbonyl (C=O) groups is 5. The smallest absolute Gasteiger partial charge is 0.326 e. The zero-order valence-electron chi connectivity index (χ0n) is 22.3. The van der Waals surface area contributed by atoms with Gasteiger partial charge in [0.15, 0.2) is 5.96 Å². The highest BCUT2D eigenvalue weighted by Gasteiger charge is 2.31. The van der Waals surface area contributed by atoms with Crippen LogP contribution in [0.1, 0.15) is 45.1 Å². The molecule has 4 amide bonds. The Morgan fingerprint density at radius 1 is 0.872 bits per heavy atom. The van der Waals surface area contributed by atoms with Crippen molar-refractivity contribution in [3.05, 3.63) is 35.9 Å². The van der Waals surface area contributed by atoms with Crippen LogP contribution >= 0.6 is 0 Å². The molecule has 39 heavy (non-hydrogen) atoms. The van der Waals surface area contributed by atoms with Crippen molar-refractivity contribution in [2.45, 2.75) is 70.1 Å². The fourth-order valence-corrected chi connectivity index (χ4v) is 3.61. The van der Waals surface area contributed by atoms with Crippen LogP contribution in [0, 0.1) is 5.92 Å². The topological polar surface area (TPSA) is 258 Å². The summed E-state index contributed by atoms with van der Waals surface area (Å²) in [6, 6.07) is 4.56. The number of benzene rings is 1. The van der Waals surface area contributed by atoms with Gasteiger partial charge in [-0.2, -0.15) is 0 Å². The maximum atomic E-state index is 13.1. The highest BCUT2D eigenvalue weighted by Crippen LogP contribution is 2.08. The van der Waals surface area contributed by atoms with E-state index in [2.05, 4.69) is 20.9 Å². The van der Waals surface area contributed by atoms with E-state index in [0.29, 0.717) is 0 Å². The second kappa shape index (κ2) is 16.6. The van der Waals surface area contributed by atoms with E-state index < -0.39 is 53.8 Å². The molecule has 1 aromatic rings. The molecule has 0 bridgehead atoms. The van der Waals surface area contributed by atoms with E-state index in [1.54, 1.807) is 13.8 Å². The molecule has 0 aliphatic heterocycles. The SMILES string of the molecule is CC(C)C(NC(=O)C(N)Cc1ccccc1)C(=O)NC(CCC(N)=O)C(=O)NC(CCCN=C(N)N)C(=O)O. The van der Waals surface area contributed by atoms with Gasteiger partial charge >= 0.3 is 5.97 Å². The van der Waals surface area contributed by atoms with Crippen LogP contribution in [-0.4, -0.2) is 71.4 Å². The van der Waals surface area contributed by atoms with E-state index in [0.717, 1.165) is 5.56 Å². The predicted octanol–water partition coefficient (Wildman–Crippen LogP) is -1.93. The molecule has 1 aromatic carbocycles. The van der Waals surface area contributed by atoms with Gasteiger partial charge in [0.25, 0.3) is 0 Å². The number of nitrogens with zero attached hydrogens (tertiary/aromatic N) is 1. The molecule has 14 nitrogen and oxygen atoms in total. The summed E-state index contributed by atoms with van der Waals surface area (Å²) in [6.07, 6.45) is 0.0970. The maximum Gasteiger partial charge on any atom is 0.326 e. The molecular weight excluding hydrogens is 508 g/mol. The van der Waals surface area contributed by atoms with Crippen LogP contribution in [0.2, 0.25) is 0 Å². The van der Waals surface area contributed by atoms with E-state index in [1.165, 1.54) is 0 Å². The summed E-state index contributed by atoms with van der Waals surface area (Å²) in [6.45, 7) is 3.55. The Kier molecular flexibility index (Phi) is 14.0.